The lowest BCUT2D eigenvalue weighted by atomic mass is 10.1. The van der Waals surface area contributed by atoms with Crippen LogP contribution in [0.4, 0.5) is 11.4 Å². The van der Waals surface area contributed by atoms with Gasteiger partial charge >= 0.3 is 0 Å². The van der Waals surface area contributed by atoms with E-state index in [0.717, 1.165) is 36.3 Å². The van der Waals surface area contributed by atoms with Crippen molar-refractivity contribution < 1.29 is 5.11 Å². The number of aromatic nitrogens is 1. The molecule has 0 aliphatic carbocycles. The molecule has 0 spiro atoms. The standard InChI is InChI=1S/C13H21BrN4O/c1-13(2,19)9-17-3-5-18(6-4-17)12-10(14)7-16-8-11(12)15/h7-8,19H,3-6,9,15H2,1-2H3. The zero-order chi connectivity index (χ0) is 14.0. The van der Waals surface area contributed by atoms with Crippen LogP contribution in [0.2, 0.25) is 0 Å². The second-order valence-electron chi connectivity index (χ2n) is 5.63. The molecule has 19 heavy (non-hydrogen) atoms. The molecule has 1 aromatic rings. The van der Waals surface area contributed by atoms with Crippen LogP contribution in [0.3, 0.4) is 0 Å². The first kappa shape index (κ1) is 14.6. The van der Waals surface area contributed by atoms with E-state index < -0.39 is 5.60 Å². The SMILES string of the molecule is CC(C)(O)CN1CCN(c2c(N)cncc2Br)CC1. The maximum Gasteiger partial charge on any atom is 0.0776 e. The monoisotopic (exact) mass is 328 g/mol. The first-order valence-electron chi connectivity index (χ1n) is 6.45. The van der Waals surface area contributed by atoms with Crippen molar-refractivity contribution in [3.8, 4) is 0 Å². The predicted molar refractivity (Wildman–Crippen MR) is 81.3 cm³/mol. The van der Waals surface area contributed by atoms with Gasteiger partial charge in [-0.2, -0.15) is 0 Å². The quantitative estimate of drug-likeness (QED) is 0.876. The normalized spacial score (nSPS) is 17.8. The lowest BCUT2D eigenvalue weighted by Crippen LogP contribution is -2.50. The van der Waals surface area contributed by atoms with E-state index in [1.54, 1.807) is 12.4 Å². The van der Waals surface area contributed by atoms with E-state index in [2.05, 4.69) is 30.7 Å². The Morgan fingerprint density at radius 2 is 1.95 bits per heavy atom. The third-order valence-electron chi connectivity index (χ3n) is 3.20. The van der Waals surface area contributed by atoms with Crippen molar-refractivity contribution in [3.05, 3.63) is 16.9 Å². The summed E-state index contributed by atoms with van der Waals surface area (Å²) >= 11 is 3.51. The van der Waals surface area contributed by atoms with Gasteiger partial charge in [0.25, 0.3) is 0 Å². The topological polar surface area (TPSA) is 65.6 Å². The number of hydrogen-bond donors (Lipinski definition) is 2. The molecule has 1 saturated heterocycles. The van der Waals surface area contributed by atoms with Gasteiger partial charge in [0.2, 0.25) is 0 Å². The maximum atomic E-state index is 9.85. The van der Waals surface area contributed by atoms with Gasteiger partial charge in [-0.25, -0.2) is 0 Å². The highest BCUT2D eigenvalue weighted by molar-refractivity contribution is 9.10. The highest BCUT2D eigenvalue weighted by Crippen LogP contribution is 2.31. The van der Waals surface area contributed by atoms with Crippen molar-refractivity contribution >= 4 is 27.3 Å². The van der Waals surface area contributed by atoms with E-state index in [9.17, 15) is 5.11 Å². The summed E-state index contributed by atoms with van der Waals surface area (Å²) in [5.74, 6) is 0. The zero-order valence-electron chi connectivity index (χ0n) is 11.4. The van der Waals surface area contributed by atoms with E-state index in [-0.39, 0.29) is 0 Å². The molecule has 106 valence electrons. The Morgan fingerprint density at radius 3 is 2.47 bits per heavy atom. The van der Waals surface area contributed by atoms with Crippen molar-refractivity contribution in [1.82, 2.24) is 9.88 Å². The summed E-state index contributed by atoms with van der Waals surface area (Å²) in [7, 11) is 0. The largest absolute Gasteiger partial charge is 0.396 e. The summed E-state index contributed by atoms with van der Waals surface area (Å²) in [5, 5.41) is 9.85. The van der Waals surface area contributed by atoms with Crippen LogP contribution in [-0.2, 0) is 0 Å². The molecular weight excluding hydrogens is 308 g/mol. The number of halogens is 1. The summed E-state index contributed by atoms with van der Waals surface area (Å²) < 4.78 is 0.934. The van der Waals surface area contributed by atoms with E-state index in [4.69, 9.17) is 5.73 Å². The fourth-order valence-corrected chi connectivity index (χ4v) is 3.05. The molecule has 5 nitrogen and oxygen atoms in total. The number of piperazine rings is 1. The number of β-amino-alcohol motifs (C(OH)–C–C–N with tert-alkyl or cyclic N) is 1. The van der Waals surface area contributed by atoms with Crippen LogP contribution in [0.15, 0.2) is 16.9 Å². The molecule has 0 radical (unpaired) electrons. The Balaban J connectivity index is 2.00. The van der Waals surface area contributed by atoms with Crippen LogP contribution < -0.4 is 10.6 Å². The average molecular weight is 329 g/mol. The van der Waals surface area contributed by atoms with Crippen molar-refractivity contribution in [3.63, 3.8) is 0 Å². The molecule has 0 bridgehead atoms. The minimum atomic E-state index is -0.640. The van der Waals surface area contributed by atoms with Gasteiger partial charge in [-0.1, -0.05) is 0 Å². The number of pyridine rings is 1. The molecular formula is C13H21BrN4O. The Morgan fingerprint density at radius 1 is 1.32 bits per heavy atom. The maximum absolute atomic E-state index is 9.85. The molecule has 6 heteroatoms. The van der Waals surface area contributed by atoms with Gasteiger partial charge in [0, 0.05) is 38.9 Å². The molecule has 0 amide bonds. The Labute approximate surface area is 122 Å². The summed E-state index contributed by atoms with van der Waals surface area (Å²) in [5.41, 5.74) is 7.09. The van der Waals surface area contributed by atoms with Crippen LogP contribution >= 0.6 is 15.9 Å². The molecule has 1 fully saturated rings. The Kier molecular flexibility index (Phi) is 4.32. The fourth-order valence-electron chi connectivity index (χ4n) is 2.45. The minimum absolute atomic E-state index is 0.640. The third kappa shape index (κ3) is 3.81. The molecule has 0 saturated carbocycles. The average Bonchev–Trinajstić information content (AvgIpc) is 2.29. The number of anilines is 2. The molecule has 0 aromatic carbocycles. The van der Waals surface area contributed by atoms with E-state index in [1.807, 2.05) is 13.8 Å². The second kappa shape index (κ2) is 5.64. The van der Waals surface area contributed by atoms with Gasteiger partial charge in [-0.05, 0) is 29.8 Å². The Bertz CT molecular complexity index is 419. The number of rotatable bonds is 3. The van der Waals surface area contributed by atoms with Crippen molar-refractivity contribution in [2.75, 3.05) is 43.4 Å². The van der Waals surface area contributed by atoms with E-state index in [1.165, 1.54) is 0 Å². The van der Waals surface area contributed by atoms with Gasteiger partial charge in [0.05, 0.1) is 27.6 Å². The highest BCUT2D eigenvalue weighted by atomic mass is 79.9. The number of nitrogens with zero attached hydrogens (tertiary/aromatic N) is 3. The molecule has 2 rings (SSSR count). The third-order valence-corrected chi connectivity index (χ3v) is 3.78. The molecule has 3 N–H and O–H groups in total. The zero-order valence-corrected chi connectivity index (χ0v) is 13.0. The van der Waals surface area contributed by atoms with Crippen LogP contribution in [0, 0.1) is 0 Å². The van der Waals surface area contributed by atoms with Crippen molar-refractivity contribution in [2.45, 2.75) is 19.4 Å². The van der Waals surface area contributed by atoms with Gasteiger partial charge in [-0.3, -0.25) is 9.88 Å². The fraction of sp³-hybridized carbons (Fsp3) is 0.615. The Hall–Kier alpha value is -0.850. The minimum Gasteiger partial charge on any atom is -0.396 e. The van der Waals surface area contributed by atoms with Crippen LogP contribution in [0.1, 0.15) is 13.8 Å². The summed E-state index contributed by atoms with van der Waals surface area (Å²) in [4.78, 5) is 8.61. The van der Waals surface area contributed by atoms with Gasteiger partial charge in [0.15, 0.2) is 0 Å². The van der Waals surface area contributed by atoms with E-state index in [0.29, 0.717) is 12.2 Å². The number of nitrogens with two attached hydrogens (primary N) is 1. The van der Waals surface area contributed by atoms with E-state index >= 15 is 0 Å². The summed E-state index contributed by atoms with van der Waals surface area (Å²) in [6.07, 6.45) is 3.46. The smallest absolute Gasteiger partial charge is 0.0776 e. The molecule has 0 atom stereocenters. The molecule has 0 unspecified atom stereocenters. The number of aliphatic hydroxyl groups is 1. The molecule has 1 aliphatic heterocycles. The van der Waals surface area contributed by atoms with Gasteiger partial charge < -0.3 is 15.7 Å². The second-order valence-corrected chi connectivity index (χ2v) is 6.49. The lowest BCUT2D eigenvalue weighted by molar-refractivity contribution is 0.0345. The van der Waals surface area contributed by atoms with Crippen LogP contribution in [0.5, 0.6) is 0 Å². The summed E-state index contributed by atoms with van der Waals surface area (Å²) in [6.45, 7) is 8.06. The van der Waals surface area contributed by atoms with Crippen LogP contribution in [-0.4, -0.2) is 53.3 Å². The summed E-state index contributed by atoms with van der Waals surface area (Å²) in [6, 6.07) is 0. The van der Waals surface area contributed by atoms with Gasteiger partial charge in [-0.15, -0.1) is 0 Å². The first-order chi connectivity index (χ1) is 8.87. The molecule has 2 heterocycles. The molecule has 1 aliphatic rings. The number of hydrogen-bond acceptors (Lipinski definition) is 5. The van der Waals surface area contributed by atoms with Crippen LogP contribution in [0.25, 0.3) is 0 Å². The van der Waals surface area contributed by atoms with Gasteiger partial charge in [0.1, 0.15) is 0 Å². The van der Waals surface area contributed by atoms with Crippen molar-refractivity contribution in [2.24, 2.45) is 0 Å². The predicted octanol–water partition coefficient (Wildman–Crippen LogP) is 1.32. The number of nitrogen functional groups attached to an aromatic ring is 1. The highest BCUT2D eigenvalue weighted by Gasteiger charge is 2.24. The lowest BCUT2D eigenvalue weighted by Gasteiger charge is -2.39. The molecule has 1 aromatic heterocycles. The first-order valence-corrected chi connectivity index (χ1v) is 7.25. The van der Waals surface area contributed by atoms with Crippen molar-refractivity contribution in [1.29, 1.82) is 0 Å².